The van der Waals surface area contributed by atoms with Crippen LogP contribution in [0.5, 0.6) is 0 Å². The Morgan fingerprint density at radius 2 is 1.74 bits per heavy atom. The van der Waals surface area contributed by atoms with Gasteiger partial charge < -0.3 is 21.1 Å². The second kappa shape index (κ2) is 10.1. The third-order valence-electron chi connectivity index (χ3n) is 8.02. The maximum Gasteiger partial charge on any atom is 0.308 e. The molecule has 2 unspecified atom stereocenters. The van der Waals surface area contributed by atoms with Gasteiger partial charge in [-0.1, -0.05) is 36.4 Å². The standard InChI is InChI=1S/C30H28N4O4S/c1-16-6-2-4-8-22(16)32-27-23(33-29(36)21-15-39-24-9-5-3-7-20(21)24)13-19(14-31-27)28(35)34-26-18-11-10-17(12-18)25(26)30(37)38/h2-9,13-15,17-18,25-26H,10-12H2,1H3,(H,31,32)(H,33,36)(H,34,35)(H,37,38)/t17?,18?,25-,26-/m1/s1. The number of nitrogens with zero attached hydrogens (tertiary/aromatic N) is 1. The van der Waals surface area contributed by atoms with Crippen molar-refractivity contribution in [1.82, 2.24) is 10.3 Å². The molecule has 198 valence electrons. The number of aromatic nitrogens is 1. The van der Waals surface area contributed by atoms with Crippen LogP contribution in [0.2, 0.25) is 0 Å². The van der Waals surface area contributed by atoms with Crippen molar-refractivity contribution in [3.63, 3.8) is 0 Å². The van der Waals surface area contributed by atoms with Crippen molar-refractivity contribution < 1.29 is 19.5 Å². The smallest absolute Gasteiger partial charge is 0.308 e. The van der Waals surface area contributed by atoms with Crippen LogP contribution in [-0.2, 0) is 4.79 Å². The molecule has 2 aliphatic rings. The number of para-hydroxylation sites is 1. The third-order valence-corrected chi connectivity index (χ3v) is 8.98. The van der Waals surface area contributed by atoms with E-state index in [1.807, 2.05) is 60.8 Å². The van der Waals surface area contributed by atoms with Crippen molar-refractivity contribution in [3.8, 4) is 0 Å². The number of hydrogen-bond acceptors (Lipinski definition) is 6. The summed E-state index contributed by atoms with van der Waals surface area (Å²) in [5.74, 6) is -1.47. The minimum absolute atomic E-state index is 0.104. The predicted octanol–water partition coefficient (Wildman–Crippen LogP) is 5.83. The van der Waals surface area contributed by atoms with Gasteiger partial charge in [0.2, 0.25) is 0 Å². The molecule has 2 saturated carbocycles. The molecule has 0 saturated heterocycles. The SMILES string of the molecule is Cc1ccccc1Nc1ncc(C(=O)N[C@@H]2C3CCC(C3)[C@H]2C(=O)O)cc1NC(=O)c1csc2ccccc12. The summed E-state index contributed by atoms with van der Waals surface area (Å²) in [6.07, 6.45) is 4.10. The van der Waals surface area contributed by atoms with E-state index in [1.54, 1.807) is 6.07 Å². The van der Waals surface area contributed by atoms with Gasteiger partial charge in [-0.25, -0.2) is 4.98 Å². The summed E-state index contributed by atoms with van der Waals surface area (Å²) >= 11 is 1.49. The van der Waals surface area contributed by atoms with Crippen LogP contribution < -0.4 is 16.0 Å². The molecule has 9 heteroatoms. The van der Waals surface area contributed by atoms with Gasteiger partial charge in [-0.05, 0) is 61.8 Å². The van der Waals surface area contributed by atoms with E-state index < -0.39 is 23.8 Å². The summed E-state index contributed by atoms with van der Waals surface area (Å²) < 4.78 is 1.01. The van der Waals surface area contributed by atoms with E-state index in [4.69, 9.17) is 0 Å². The molecule has 0 aliphatic heterocycles. The molecule has 0 radical (unpaired) electrons. The van der Waals surface area contributed by atoms with Crippen LogP contribution in [0.1, 0.15) is 45.5 Å². The number of carbonyl (C=O) groups excluding carboxylic acids is 2. The highest BCUT2D eigenvalue weighted by atomic mass is 32.1. The predicted molar refractivity (Wildman–Crippen MR) is 152 cm³/mol. The molecule has 2 bridgehead atoms. The molecule has 2 aromatic heterocycles. The van der Waals surface area contributed by atoms with E-state index in [2.05, 4.69) is 20.9 Å². The summed E-state index contributed by atoms with van der Waals surface area (Å²) in [5, 5.41) is 21.7. The molecule has 0 spiro atoms. The van der Waals surface area contributed by atoms with Gasteiger partial charge in [0.05, 0.1) is 22.7 Å². The highest BCUT2D eigenvalue weighted by Gasteiger charge is 2.51. The quantitative estimate of drug-likeness (QED) is 0.234. The van der Waals surface area contributed by atoms with Crippen molar-refractivity contribution in [1.29, 1.82) is 0 Å². The number of pyridine rings is 1. The van der Waals surface area contributed by atoms with Crippen LogP contribution in [0.15, 0.2) is 66.2 Å². The minimum Gasteiger partial charge on any atom is -0.481 e. The number of anilines is 3. The first-order chi connectivity index (χ1) is 18.9. The Balaban J connectivity index is 1.31. The molecule has 39 heavy (non-hydrogen) atoms. The van der Waals surface area contributed by atoms with Crippen molar-refractivity contribution in [2.75, 3.05) is 10.6 Å². The van der Waals surface area contributed by atoms with Gasteiger partial charge in [-0.2, -0.15) is 0 Å². The Labute approximate surface area is 229 Å². The molecule has 2 fully saturated rings. The molecule has 2 aliphatic carbocycles. The van der Waals surface area contributed by atoms with Crippen LogP contribution in [-0.4, -0.2) is 33.9 Å². The van der Waals surface area contributed by atoms with Gasteiger partial charge in [0.15, 0.2) is 5.82 Å². The Bertz CT molecular complexity index is 1600. The fourth-order valence-electron chi connectivity index (χ4n) is 6.06. The molecule has 4 aromatic rings. The van der Waals surface area contributed by atoms with E-state index in [9.17, 15) is 19.5 Å². The molecule has 4 N–H and O–H groups in total. The lowest BCUT2D eigenvalue weighted by molar-refractivity contribution is -0.144. The zero-order valence-electron chi connectivity index (χ0n) is 21.3. The van der Waals surface area contributed by atoms with Crippen molar-refractivity contribution >= 4 is 56.4 Å². The first-order valence-electron chi connectivity index (χ1n) is 13.0. The van der Waals surface area contributed by atoms with Crippen LogP contribution in [0.25, 0.3) is 10.1 Å². The Morgan fingerprint density at radius 1 is 0.974 bits per heavy atom. The lowest BCUT2D eigenvalue weighted by Crippen LogP contribution is -2.46. The van der Waals surface area contributed by atoms with Gasteiger partial charge in [-0.3, -0.25) is 14.4 Å². The summed E-state index contributed by atoms with van der Waals surface area (Å²) in [7, 11) is 0. The number of hydrogen-bond donors (Lipinski definition) is 4. The number of carbonyl (C=O) groups is 3. The Kier molecular flexibility index (Phi) is 6.52. The average Bonchev–Trinajstić information content (AvgIpc) is 3.66. The molecule has 4 atom stereocenters. The second-order valence-corrected chi connectivity index (χ2v) is 11.3. The number of aliphatic carboxylic acids is 1. The molecular weight excluding hydrogens is 512 g/mol. The number of nitrogens with one attached hydrogen (secondary N) is 3. The van der Waals surface area contributed by atoms with E-state index in [0.717, 1.165) is 40.6 Å². The number of rotatable bonds is 7. The fraction of sp³-hybridized carbons (Fsp3) is 0.267. The van der Waals surface area contributed by atoms with Crippen LogP contribution in [0, 0.1) is 24.7 Å². The maximum atomic E-state index is 13.4. The molecule has 2 aromatic carbocycles. The number of benzene rings is 2. The fourth-order valence-corrected chi connectivity index (χ4v) is 7.00. The van der Waals surface area contributed by atoms with Gasteiger partial charge in [-0.15, -0.1) is 11.3 Å². The maximum absolute atomic E-state index is 13.4. The summed E-state index contributed by atoms with van der Waals surface area (Å²) in [6, 6.07) is 16.6. The van der Waals surface area contributed by atoms with Gasteiger partial charge in [0, 0.05) is 33.4 Å². The Morgan fingerprint density at radius 3 is 2.56 bits per heavy atom. The molecule has 6 rings (SSSR count). The van der Waals surface area contributed by atoms with Gasteiger partial charge in [0.1, 0.15) is 0 Å². The largest absolute Gasteiger partial charge is 0.481 e. The molecule has 8 nitrogen and oxygen atoms in total. The van der Waals surface area contributed by atoms with Crippen molar-refractivity contribution in [2.45, 2.75) is 32.2 Å². The topological polar surface area (TPSA) is 120 Å². The lowest BCUT2D eigenvalue weighted by atomic mass is 9.84. The summed E-state index contributed by atoms with van der Waals surface area (Å²) in [5.41, 5.74) is 2.97. The first-order valence-corrected chi connectivity index (χ1v) is 13.9. The number of carboxylic acids is 1. The lowest BCUT2D eigenvalue weighted by Gasteiger charge is -2.29. The number of amides is 2. The second-order valence-electron chi connectivity index (χ2n) is 10.4. The molecule has 2 amide bonds. The van der Waals surface area contributed by atoms with E-state index >= 15 is 0 Å². The normalized spacial score (nSPS) is 21.6. The van der Waals surface area contributed by atoms with Crippen LogP contribution in [0.4, 0.5) is 17.2 Å². The minimum atomic E-state index is -0.862. The number of fused-ring (bicyclic) bond motifs is 3. The molecule has 2 heterocycles. The van der Waals surface area contributed by atoms with Crippen LogP contribution >= 0.6 is 11.3 Å². The first kappa shape index (κ1) is 25.1. The third kappa shape index (κ3) is 4.74. The number of thiophene rings is 1. The van der Waals surface area contributed by atoms with E-state index in [-0.39, 0.29) is 23.3 Å². The zero-order chi connectivity index (χ0) is 27.1. The summed E-state index contributed by atoms with van der Waals surface area (Å²) in [4.78, 5) is 43.2. The zero-order valence-corrected chi connectivity index (χ0v) is 22.1. The van der Waals surface area contributed by atoms with E-state index in [0.29, 0.717) is 17.1 Å². The average molecular weight is 541 g/mol. The number of aryl methyl sites for hydroxylation is 1. The summed E-state index contributed by atoms with van der Waals surface area (Å²) in [6.45, 7) is 1.97. The van der Waals surface area contributed by atoms with Crippen molar-refractivity contribution in [3.05, 3.63) is 82.9 Å². The highest BCUT2D eigenvalue weighted by molar-refractivity contribution is 7.17. The van der Waals surface area contributed by atoms with Gasteiger partial charge >= 0.3 is 5.97 Å². The monoisotopic (exact) mass is 540 g/mol. The molecular formula is C30H28N4O4S. The van der Waals surface area contributed by atoms with Gasteiger partial charge in [0.25, 0.3) is 11.8 Å². The highest BCUT2D eigenvalue weighted by Crippen LogP contribution is 2.48. The number of carboxylic acid groups (broad SMARTS) is 1. The van der Waals surface area contributed by atoms with Crippen molar-refractivity contribution in [2.24, 2.45) is 17.8 Å². The van der Waals surface area contributed by atoms with Crippen LogP contribution in [0.3, 0.4) is 0 Å². The Hall–Kier alpha value is -4.24. The van der Waals surface area contributed by atoms with E-state index in [1.165, 1.54) is 17.5 Å².